The predicted octanol–water partition coefficient (Wildman–Crippen LogP) is 3.98. The Kier molecular flexibility index (Phi) is 7.06. The summed E-state index contributed by atoms with van der Waals surface area (Å²) >= 11 is 1.44. The molecule has 31 heavy (non-hydrogen) atoms. The highest BCUT2D eigenvalue weighted by Crippen LogP contribution is 2.24. The lowest BCUT2D eigenvalue weighted by atomic mass is 10.0. The van der Waals surface area contributed by atoms with Crippen molar-refractivity contribution in [1.82, 2.24) is 15.2 Å². The van der Waals surface area contributed by atoms with Crippen LogP contribution in [0.4, 0.5) is 4.39 Å². The maximum atomic E-state index is 13.4. The van der Waals surface area contributed by atoms with Crippen LogP contribution in [-0.2, 0) is 11.2 Å². The number of ether oxygens (including phenoxy) is 1. The maximum absolute atomic E-state index is 13.4. The van der Waals surface area contributed by atoms with Gasteiger partial charge in [-0.05, 0) is 30.2 Å². The molecular formula is C24H26FN3O2S. The topological polar surface area (TPSA) is 54.5 Å². The van der Waals surface area contributed by atoms with E-state index in [2.05, 4.69) is 27.3 Å². The molecule has 0 saturated carbocycles. The third-order valence-corrected chi connectivity index (χ3v) is 6.60. The minimum absolute atomic E-state index is 0.0366. The zero-order valence-electron chi connectivity index (χ0n) is 17.5. The second kappa shape index (κ2) is 10.1. The number of amides is 1. The summed E-state index contributed by atoms with van der Waals surface area (Å²) in [6.45, 7) is 5.18. The molecule has 1 unspecified atom stereocenters. The first kappa shape index (κ1) is 21.6. The highest BCUT2D eigenvalue weighted by atomic mass is 32.1. The second-order valence-electron chi connectivity index (χ2n) is 7.61. The van der Waals surface area contributed by atoms with Crippen LogP contribution in [-0.4, -0.2) is 48.6 Å². The summed E-state index contributed by atoms with van der Waals surface area (Å²) in [5.74, 6) is -0.380. The zero-order valence-corrected chi connectivity index (χ0v) is 18.3. The van der Waals surface area contributed by atoms with Crippen LogP contribution in [0.1, 0.15) is 37.5 Å². The summed E-state index contributed by atoms with van der Waals surface area (Å²) in [7, 11) is 0. The number of carbonyl (C=O) groups is 1. The van der Waals surface area contributed by atoms with Gasteiger partial charge >= 0.3 is 0 Å². The molecule has 5 nitrogen and oxygen atoms in total. The lowest BCUT2D eigenvalue weighted by Crippen LogP contribution is -2.43. The summed E-state index contributed by atoms with van der Waals surface area (Å²) in [6, 6.07) is 16.6. The van der Waals surface area contributed by atoms with Gasteiger partial charge in [0, 0.05) is 26.1 Å². The molecule has 2 aromatic carbocycles. The molecule has 2 heterocycles. The zero-order chi connectivity index (χ0) is 21.6. The molecule has 1 saturated heterocycles. The number of benzene rings is 2. The number of aryl methyl sites for hydroxylation is 1. The van der Waals surface area contributed by atoms with E-state index in [0.29, 0.717) is 31.1 Å². The minimum Gasteiger partial charge on any atom is -0.379 e. The number of carbonyl (C=O) groups excluding carboxylic acids is 1. The molecule has 1 aliphatic heterocycles. The third-order valence-electron chi connectivity index (χ3n) is 5.44. The van der Waals surface area contributed by atoms with E-state index in [9.17, 15) is 9.18 Å². The third kappa shape index (κ3) is 5.55. The number of aromatic nitrogens is 1. The minimum atomic E-state index is -0.264. The Morgan fingerprint density at radius 1 is 1.16 bits per heavy atom. The number of nitrogens with zero attached hydrogens (tertiary/aromatic N) is 2. The van der Waals surface area contributed by atoms with Gasteiger partial charge in [-0.3, -0.25) is 9.69 Å². The molecule has 4 rings (SSSR count). The van der Waals surface area contributed by atoms with Gasteiger partial charge in [0.25, 0.3) is 5.91 Å². The van der Waals surface area contributed by atoms with E-state index in [4.69, 9.17) is 4.74 Å². The van der Waals surface area contributed by atoms with Crippen LogP contribution < -0.4 is 5.32 Å². The average Bonchev–Trinajstić information content (AvgIpc) is 3.16. The number of halogens is 1. The summed E-state index contributed by atoms with van der Waals surface area (Å²) < 4.78 is 18.9. The standard InChI is InChI=1S/C24H26FN3O2S/c1-17-23(31-22(27-17)15-18-5-3-2-4-6-18)24(29)26-16-21(28-11-13-30-14-12-28)19-7-9-20(25)10-8-19/h2-10,21H,11-16H2,1H3,(H,26,29). The Labute approximate surface area is 185 Å². The van der Waals surface area contributed by atoms with Gasteiger partial charge in [-0.15, -0.1) is 11.3 Å². The van der Waals surface area contributed by atoms with E-state index in [1.54, 1.807) is 12.1 Å². The van der Waals surface area contributed by atoms with Gasteiger partial charge in [-0.25, -0.2) is 9.37 Å². The van der Waals surface area contributed by atoms with Crippen LogP contribution in [0.2, 0.25) is 0 Å². The SMILES string of the molecule is Cc1nc(Cc2ccccc2)sc1C(=O)NCC(c1ccc(F)cc1)N1CCOCC1. The van der Waals surface area contributed by atoms with Crippen molar-refractivity contribution in [1.29, 1.82) is 0 Å². The van der Waals surface area contributed by atoms with Gasteiger partial charge in [-0.1, -0.05) is 42.5 Å². The van der Waals surface area contributed by atoms with Crippen molar-refractivity contribution in [3.05, 3.63) is 87.1 Å². The van der Waals surface area contributed by atoms with Crippen LogP contribution in [0.25, 0.3) is 0 Å². The molecule has 3 aromatic rings. The van der Waals surface area contributed by atoms with Gasteiger partial charge in [0.05, 0.1) is 30.0 Å². The molecule has 0 spiro atoms. The van der Waals surface area contributed by atoms with E-state index in [-0.39, 0.29) is 17.8 Å². The summed E-state index contributed by atoms with van der Waals surface area (Å²) in [5, 5.41) is 4.01. The maximum Gasteiger partial charge on any atom is 0.263 e. The fourth-order valence-electron chi connectivity index (χ4n) is 3.81. The lowest BCUT2D eigenvalue weighted by Gasteiger charge is -2.34. The van der Waals surface area contributed by atoms with Gasteiger partial charge in [0.2, 0.25) is 0 Å². The van der Waals surface area contributed by atoms with E-state index in [1.165, 1.54) is 29.0 Å². The van der Waals surface area contributed by atoms with Crippen molar-refractivity contribution in [2.24, 2.45) is 0 Å². The number of hydrogen-bond acceptors (Lipinski definition) is 5. The fraction of sp³-hybridized carbons (Fsp3) is 0.333. The van der Waals surface area contributed by atoms with Crippen LogP contribution >= 0.6 is 11.3 Å². The molecule has 0 bridgehead atoms. The number of rotatable bonds is 7. The average molecular weight is 440 g/mol. The van der Waals surface area contributed by atoms with Crippen LogP contribution in [0.15, 0.2) is 54.6 Å². The number of morpholine rings is 1. The molecule has 1 atom stereocenters. The Hall–Kier alpha value is -2.61. The Balaban J connectivity index is 1.45. The fourth-order valence-corrected chi connectivity index (χ4v) is 4.83. The van der Waals surface area contributed by atoms with Crippen molar-refractivity contribution < 1.29 is 13.9 Å². The molecule has 1 aromatic heterocycles. The molecule has 1 fully saturated rings. The van der Waals surface area contributed by atoms with E-state index in [1.807, 2.05) is 25.1 Å². The Morgan fingerprint density at radius 3 is 2.58 bits per heavy atom. The van der Waals surface area contributed by atoms with E-state index >= 15 is 0 Å². The van der Waals surface area contributed by atoms with Gasteiger partial charge in [-0.2, -0.15) is 0 Å². The quantitative estimate of drug-likeness (QED) is 0.605. The first-order chi connectivity index (χ1) is 15.1. The van der Waals surface area contributed by atoms with Gasteiger partial charge in [0.15, 0.2) is 0 Å². The largest absolute Gasteiger partial charge is 0.379 e. The summed E-state index contributed by atoms with van der Waals surface area (Å²) in [6.07, 6.45) is 0.714. The first-order valence-electron chi connectivity index (χ1n) is 10.5. The molecule has 0 aliphatic carbocycles. The Bertz CT molecular complexity index is 1000. The second-order valence-corrected chi connectivity index (χ2v) is 8.69. The molecular weight excluding hydrogens is 413 g/mol. The molecule has 1 amide bonds. The number of nitrogens with one attached hydrogen (secondary N) is 1. The monoisotopic (exact) mass is 439 g/mol. The van der Waals surface area contributed by atoms with Gasteiger partial charge in [0.1, 0.15) is 10.7 Å². The highest BCUT2D eigenvalue weighted by molar-refractivity contribution is 7.13. The van der Waals surface area contributed by atoms with Crippen molar-refractivity contribution >= 4 is 17.2 Å². The summed E-state index contributed by atoms with van der Waals surface area (Å²) in [5.41, 5.74) is 2.90. The first-order valence-corrected chi connectivity index (χ1v) is 11.3. The van der Waals surface area contributed by atoms with Crippen molar-refractivity contribution in [2.75, 3.05) is 32.8 Å². The molecule has 1 aliphatic rings. The summed E-state index contributed by atoms with van der Waals surface area (Å²) in [4.78, 5) is 20.5. The van der Waals surface area contributed by atoms with Crippen molar-refractivity contribution in [3.8, 4) is 0 Å². The van der Waals surface area contributed by atoms with E-state index < -0.39 is 0 Å². The predicted molar refractivity (Wildman–Crippen MR) is 120 cm³/mol. The van der Waals surface area contributed by atoms with Crippen LogP contribution in [0, 0.1) is 12.7 Å². The van der Waals surface area contributed by atoms with Crippen LogP contribution in [0.5, 0.6) is 0 Å². The number of thiazole rings is 1. The normalized spacial score (nSPS) is 15.5. The molecule has 0 radical (unpaired) electrons. The lowest BCUT2D eigenvalue weighted by molar-refractivity contribution is 0.0162. The number of hydrogen-bond donors (Lipinski definition) is 1. The van der Waals surface area contributed by atoms with Crippen molar-refractivity contribution in [2.45, 2.75) is 19.4 Å². The van der Waals surface area contributed by atoms with Gasteiger partial charge < -0.3 is 10.1 Å². The van der Waals surface area contributed by atoms with E-state index in [0.717, 1.165) is 29.4 Å². The molecule has 1 N–H and O–H groups in total. The highest BCUT2D eigenvalue weighted by Gasteiger charge is 2.24. The Morgan fingerprint density at radius 2 is 1.87 bits per heavy atom. The molecule has 7 heteroatoms. The van der Waals surface area contributed by atoms with Crippen LogP contribution in [0.3, 0.4) is 0 Å². The van der Waals surface area contributed by atoms with Crippen molar-refractivity contribution in [3.63, 3.8) is 0 Å². The molecule has 162 valence electrons. The smallest absolute Gasteiger partial charge is 0.263 e.